The molecule has 1 aliphatic heterocycles. The van der Waals surface area contributed by atoms with Crippen molar-refractivity contribution in [2.45, 2.75) is 32.0 Å². The first kappa shape index (κ1) is 17.5. The molecule has 1 aliphatic rings. The molecule has 0 unspecified atom stereocenters. The molecule has 1 fully saturated rings. The Kier molecular flexibility index (Phi) is 5.82. The van der Waals surface area contributed by atoms with E-state index < -0.39 is 11.7 Å². The van der Waals surface area contributed by atoms with Gasteiger partial charge in [0.05, 0.1) is 18.3 Å². The average molecular weight is 327 g/mol. The van der Waals surface area contributed by atoms with Crippen molar-refractivity contribution in [3.63, 3.8) is 0 Å². The SMILES string of the molecule is C/C=C\CO[C@H]1CCCN(C(=O)c2ccc(C(F)(F)F)cc2)C1. The summed E-state index contributed by atoms with van der Waals surface area (Å²) in [5.41, 5.74) is -0.479. The Balaban J connectivity index is 1.99. The zero-order chi connectivity index (χ0) is 16.9. The van der Waals surface area contributed by atoms with Crippen molar-refractivity contribution >= 4 is 5.91 Å². The highest BCUT2D eigenvalue weighted by Crippen LogP contribution is 2.29. The number of ether oxygens (including phenoxy) is 1. The van der Waals surface area contributed by atoms with Gasteiger partial charge in [-0.15, -0.1) is 0 Å². The Bertz CT molecular complexity index is 552. The number of nitrogens with zero attached hydrogens (tertiary/aromatic N) is 1. The molecule has 6 heteroatoms. The minimum atomic E-state index is -4.39. The number of carbonyl (C=O) groups is 1. The van der Waals surface area contributed by atoms with Gasteiger partial charge in [-0.25, -0.2) is 0 Å². The van der Waals surface area contributed by atoms with Gasteiger partial charge in [0.15, 0.2) is 0 Å². The number of amides is 1. The molecule has 1 amide bonds. The van der Waals surface area contributed by atoms with E-state index in [2.05, 4.69) is 0 Å². The lowest BCUT2D eigenvalue weighted by atomic mass is 10.1. The Labute approximate surface area is 133 Å². The maximum Gasteiger partial charge on any atom is 0.416 e. The van der Waals surface area contributed by atoms with Crippen LogP contribution in [0.3, 0.4) is 0 Å². The molecule has 0 N–H and O–H groups in total. The number of allylic oxidation sites excluding steroid dienone is 1. The molecular weight excluding hydrogens is 307 g/mol. The summed E-state index contributed by atoms with van der Waals surface area (Å²) in [5.74, 6) is -0.252. The molecule has 0 radical (unpaired) electrons. The van der Waals surface area contributed by atoms with Gasteiger partial charge >= 0.3 is 6.18 Å². The van der Waals surface area contributed by atoms with Gasteiger partial charge in [-0.05, 0) is 44.0 Å². The third-order valence-corrected chi connectivity index (χ3v) is 3.79. The summed E-state index contributed by atoms with van der Waals surface area (Å²) >= 11 is 0. The summed E-state index contributed by atoms with van der Waals surface area (Å²) in [7, 11) is 0. The molecule has 1 saturated heterocycles. The van der Waals surface area contributed by atoms with Crippen molar-refractivity contribution in [1.29, 1.82) is 0 Å². The lowest BCUT2D eigenvalue weighted by Crippen LogP contribution is -2.43. The molecule has 1 aromatic rings. The van der Waals surface area contributed by atoms with Gasteiger partial charge in [0, 0.05) is 18.7 Å². The summed E-state index contributed by atoms with van der Waals surface area (Å²) in [6.07, 6.45) is 1.09. The van der Waals surface area contributed by atoms with Crippen LogP contribution in [0.5, 0.6) is 0 Å². The summed E-state index contributed by atoms with van der Waals surface area (Å²) in [5, 5.41) is 0. The number of rotatable bonds is 4. The third kappa shape index (κ3) is 4.82. The minimum absolute atomic E-state index is 0.0293. The number of benzene rings is 1. The molecule has 0 bridgehead atoms. The van der Waals surface area contributed by atoms with E-state index in [-0.39, 0.29) is 17.6 Å². The van der Waals surface area contributed by atoms with Crippen molar-refractivity contribution in [1.82, 2.24) is 4.90 Å². The first-order chi connectivity index (χ1) is 10.9. The second kappa shape index (κ2) is 7.64. The number of piperidine rings is 1. The molecule has 126 valence electrons. The van der Waals surface area contributed by atoms with E-state index >= 15 is 0 Å². The molecule has 2 rings (SSSR count). The number of carbonyl (C=O) groups excluding carboxylic acids is 1. The van der Waals surface area contributed by atoms with E-state index in [0.29, 0.717) is 19.7 Å². The largest absolute Gasteiger partial charge is 0.416 e. The van der Waals surface area contributed by atoms with Crippen molar-refractivity contribution in [3.05, 3.63) is 47.5 Å². The van der Waals surface area contributed by atoms with E-state index in [1.165, 1.54) is 12.1 Å². The van der Waals surface area contributed by atoms with Gasteiger partial charge in [0.25, 0.3) is 5.91 Å². The molecule has 1 aromatic carbocycles. The molecule has 1 atom stereocenters. The maximum atomic E-state index is 12.6. The van der Waals surface area contributed by atoms with Crippen LogP contribution in [0.1, 0.15) is 35.7 Å². The van der Waals surface area contributed by atoms with E-state index in [1.54, 1.807) is 4.90 Å². The standard InChI is InChI=1S/C17H20F3NO2/c1-2-3-11-23-15-5-4-10-21(12-15)16(22)13-6-8-14(9-7-13)17(18,19)20/h2-3,6-9,15H,4-5,10-12H2,1H3/b3-2-/t15-/m0/s1. The van der Waals surface area contributed by atoms with E-state index in [4.69, 9.17) is 4.74 Å². The normalized spacial score (nSPS) is 19.3. The Morgan fingerprint density at radius 1 is 1.35 bits per heavy atom. The lowest BCUT2D eigenvalue weighted by molar-refractivity contribution is -0.137. The summed E-state index contributed by atoms with van der Waals surface area (Å²) in [6, 6.07) is 4.35. The van der Waals surface area contributed by atoms with Crippen LogP contribution in [0.15, 0.2) is 36.4 Å². The highest BCUT2D eigenvalue weighted by Gasteiger charge is 2.31. The van der Waals surface area contributed by atoms with Crippen LogP contribution in [-0.2, 0) is 10.9 Å². The monoisotopic (exact) mass is 327 g/mol. The smallest absolute Gasteiger partial charge is 0.372 e. The third-order valence-electron chi connectivity index (χ3n) is 3.79. The number of hydrogen-bond donors (Lipinski definition) is 0. The number of halogens is 3. The van der Waals surface area contributed by atoms with Crippen LogP contribution < -0.4 is 0 Å². The van der Waals surface area contributed by atoms with Crippen LogP contribution in [0.25, 0.3) is 0 Å². The topological polar surface area (TPSA) is 29.5 Å². The second-order valence-electron chi connectivity index (χ2n) is 5.49. The number of hydrogen-bond acceptors (Lipinski definition) is 2. The van der Waals surface area contributed by atoms with Crippen molar-refractivity contribution in [2.24, 2.45) is 0 Å². The first-order valence-electron chi connectivity index (χ1n) is 7.61. The molecule has 0 saturated carbocycles. The van der Waals surface area contributed by atoms with Gasteiger partial charge in [0.2, 0.25) is 0 Å². The number of alkyl halides is 3. The fourth-order valence-corrected chi connectivity index (χ4v) is 2.53. The van der Waals surface area contributed by atoms with Crippen molar-refractivity contribution < 1.29 is 22.7 Å². The minimum Gasteiger partial charge on any atom is -0.372 e. The molecule has 23 heavy (non-hydrogen) atoms. The Morgan fingerprint density at radius 3 is 2.65 bits per heavy atom. The molecule has 0 aromatic heterocycles. The highest BCUT2D eigenvalue weighted by molar-refractivity contribution is 5.94. The van der Waals surface area contributed by atoms with E-state index in [9.17, 15) is 18.0 Å². The van der Waals surface area contributed by atoms with Gasteiger partial charge < -0.3 is 9.64 Å². The fourth-order valence-electron chi connectivity index (χ4n) is 2.53. The predicted molar refractivity (Wildman–Crippen MR) is 81.1 cm³/mol. The molecule has 0 spiro atoms. The van der Waals surface area contributed by atoms with Crippen LogP contribution in [0.2, 0.25) is 0 Å². The molecule has 0 aliphatic carbocycles. The zero-order valence-electron chi connectivity index (χ0n) is 13.0. The van der Waals surface area contributed by atoms with Crippen molar-refractivity contribution in [3.8, 4) is 0 Å². The molecule has 1 heterocycles. The average Bonchev–Trinajstić information content (AvgIpc) is 2.54. The second-order valence-corrected chi connectivity index (χ2v) is 5.49. The lowest BCUT2D eigenvalue weighted by Gasteiger charge is -2.32. The van der Waals surface area contributed by atoms with Crippen LogP contribution in [0.4, 0.5) is 13.2 Å². The van der Waals surface area contributed by atoms with Crippen molar-refractivity contribution in [2.75, 3.05) is 19.7 Å². The van der Waals surface area contributed by atoms with Gasteiger partial charge in [0.1, 0.15) is 0 Å². The zero-order valence-corrected chi connectivity index (χ0v) is 13.0. The van der Waals surface area contributed by atoms with Gasteiger partial charge in [-0.2, -0.15) is 13.2 Å². The highest BCUT2D eigenvalue weighted by atomic mass is 19.4. The van der Waals surface area contributed by atoms with Crippen LogP contribution in [-0.4, -0.2) is 36.6 Å². The predicted octanol–water partition coefficient (Wildman–Crippen LogP) is 3.90. The van der Waals surface area contributed by atoms with Crippen LogP contribution >= 0.6 is 0 Å². The molecule has 3 nitrogen and oxygen atoms in total. The Hall–Kier alpha value is -1.82. The van der Waals surface area contributed by atoms with Gasteiger partial charge in [-0.1, -0.05) is 12.2 Å². The fraction of sp³-hybridized carbons (Fsp3) is 0.471. The van der Waals surface area contributed by atoms with E-state index in [1.807, 2.05) is 19.1 Å². The molecular formula is C17H20F3NO2. The number of likely N-dealkylation sites (tertiary alicyclic amines) is 1. The Morgan fingerprint density at radius 2 is 2.04 bits per heavy atom. The quantitative estimate of drug-likeness (QED) is 0.785. The maximum absolute atomic E-state index is 12.6. The van der Waals surface area contributed by atoms with E-state index in [0.717, 1.165) is 25.0 Å². The van der Waals surface area contributed by atoms with Gasteiger partial charge in [-0.3, -0.25) is 4.79 Å². The first-order valence-corrected chi connectivity index (χ1v) is 7.61. The summed E-state index contributed by atoms with van der Waals surface area (Å²) < 4.78 is 43.3. The van der Waals surface area contributed by atoms with Crippen LogP contribution in [0, 0.1) is 0 Å². The summed E-state index contributed by atoms with van der Waals surface area (Å²) in [4.78, 5) is 14.1. The summed E-state index contributed by atoms with van der Waals surface area (Å²) in [6.45, 7) is 3.48.